The molecule has 4 heteroatoms. The van der Waals surface area contributed by atoms with Crippen LogP contribution in [0.15, 0.2) is 5.10 Å². The molecule has 0 fully saturated rings. The van der Waals surface area contributed by atoms with E-state index in [2.05, 4.69) is 15.3 Å². The number of carbonyl (C=O) groups excluding carboxylic acids is 1. The maximum Gasteiger partial charge on any atom is 0.427 e. The van der Waals surface area contributed by atoms with Crippen molar-refractivity contribution >= 4 is 12.3 Å². The number of carbonyl (C=O) groups is 1. The minimum Gasteiger partial charge on any atom is -0.452 e. The summed E-state index contributed by atoms with van der Waals surface area (Å²) >= 11 is 0. The third kappa shape index (κ3) is 4.80. The summed E-state index contributed by atoms with van der Waals surface area (Å²) in [6, 6.07) is 0. The average molecular weight is 130 g/mol. The van der Waals surface area contributed by atoms with Crippen molar-refractivity contribution in [3.8, 4) is 0 Å². The molecule has 0 spiro atoms. The predicted molar refractivity (Wildman–Crippen MR) is 34.3 cm³/mol. The highest BCUT2D eigenvalue weighted by atomic mass is 16.5. The maximum atomic E-state index is 10.2. The fourth-order valence-electron chi connectivity index (χ4n) is 0.235. The first-order valence-electron chi connectivity index (χ1n) is 2.66. The monoisotopic (exact) mass is 130 g/mol. The molecule has 0 atom stereocenters. The van der Waals surface area contributed by atoms with E-state index < -0.39 is 6.09 Å². The van der Waals surface area contributed by atoms with Crippen LogP contribution in [0.4, 0.5) is 4.79 Å². The second-order valence-corrected chi connectivity index (χ2v) is 1.32. The maximum absolute atomic E-state index is 10.2. The summed E-state index contributed by atoms with van der Waals surface area (Å²) in [5.74, 6) is 0. The largest absolute Gasteiger partial charge is 0.452 e. The Bertz CT molecular complexity index is 112. The summed E-state index contributed by atoms with van der Waals surface area (Å²) in [6.07, 6.45) is 1.83. The molecule has 0 unspecified atom stereocenters. The summed E-state index contributed by atoms with van der Waals surface area (Å²) in [4.78, 5) is 10.2. The second-order valence-electron chi connectivity index (χ2n) is 1.32. The first kappa shape index (κ1) is 7.94. The molecule has 0 bridgehead atoms. The molecule has 52 valence electrons. The van der Waals surface area contributed by atoms with Crippen LogP contribution in [0.1, 0.15) is 13.3 Å². The lowest BCUT2D eigenvalue weighted by Gasteiger charge is -1.93. The first-order valence-corrected chi connectivity index (χ1v) is 2.66. The van der Waals surface area contributed by atoms with Gasteiger partial charge in [0.25, 0.3) is 0 Å². The van der Waals surface area contributed by atoms with Gasteiger partial charge in [-0.05, 0) is 6.42 Å². The van der Waals surface area contributed by atoms with Crippen molar-refractivity contribution < 1.29 is 9.53 Å². The van der Waals surface area contributed by atoms with Crippen molar-refractivity contribution in [2.45, 2.75) is 13.3 Å². The Morgan fingerprint density at radius 1 is 1.89 bits per heavy atom. The van der Waals surface area contributed by atoms with Crippen molar-refractivity contribution in [1.82, 2.24) is 5.43 Å². The normalized spacial score (nSPS) is 9.56. The minimum atomic E-state index is -0.542. The van der Waals surface area contributed by atoms with Crippen LogP contribution in [0.25, 0.3) is 0 Å². The Morgan fingerprint density at radius 2 is 2.56 bits per heavy atom. The zero-order valence-corrected chi connectivity index (χ0v) is 5.55. The number of ether oxygens (including phenoxy) is 1. The van der Waals surface area contributed by atoms with E-state index in [9.17, 15) is 4.79 Å². The lowest BCUT2D eigenvalue weighted by molar-refractivity contribution is 0.171. The number of nitrogens with one attached hydrogen (secondary N) is 1. The zero-order chi connectivity index (χ0) is 7.11. The lowest BCUT2D eigenvalue weighted by Crippen LogP contribution is -2.16. The number of nitrogens with zero attached hydrogens (tertiary/aromatic N) is 1. The molecule has 4 nitrogen and oxygen atoms in total. The number of hydrogen-bond donors (Lipinski definition) is 1. The van der Waals surface area contributed by atoms with Crippen molar-refractivity contribution in [2.75, 3.05) is 7.11 Å². The molecule has 0 aliphatic rings. The van der Waals surface area contributed by atoms with Gasteiger partial charge in [0.15, 0.2) is 0 Å². The predicted octanol–water partition coefficient (Wildman–Crippen LogP) is 0.738. The summed E-state index contributed by atoms with van der Waals surface area (Å²) in [7, 11) is 1.29. The van der Waals surface area contributed by atoms with Gasteiger partial charge in [0.1, 0.15) is 0 Å². The van der Waals surface area contributed by atoms with Crippen LogP contribution in [0, 0.1) is 0 Å². The zero-order valence-electron chi connectivity index (χ0n) is 5.55. The number of rotatable bonds is 2. The highest BCUT2D eigenvalue weighted by Crippen LogP contribution is 1.70. The number of methoxy groups -OCH3 is 1. The highest BCUT2D eigenvalue weighted by molar-refractivity contribution is 5.68. The van der Waals surface area contributed by atoms with Crippen LogP contribution >= 0.6 is 0 Å². The van der Waals surface area contributed by atoms with Crippen molar-refractivity contribution in [3.05, 3.63) is 0 Å². The van der Waals surface area contributed by atoms with Crippen LogP contribution in [0.5, 0.6) is 0 Å². The Morgan fingerprint density at radius 3 is 3.00 bits per heavy atom. The Labute approximate surface area is 53.9 Å². The van der Waals surface area contributed by atoms with E-state index >= 15 is 0 Å². The molecular weight excluding hydrogens is 120 g/mol. The molecule has 0 saturated carbocycles. The standard InChI is InChI=1S/C5H10N2O2/c1-3-4-6-7-5(8)9-2/h4H,3H2,1-2H3,(H,7,8)/b6-4+. The third-order valence-corrected chi connectivity index (χ3v) is 0.615. The van der Waals surface area contributed by atoms with Crippen LogP contribution in [-0.2, 0) is 4.74 Å². The summed E-state index contributed by atoms with van der Waals surface area (Å²) in [5.41, 5.74) is 2.14. The van der Waals surface area contributed by atoms with Crippen LogP contribution in [-0.4, -0.2) is 19.4 Å². The van der Waals surface area contributed by atoms with Gasteiger partial charge in [0.05, 0.1) is 7.11 Å². The van der Waals surface area contributed by atoms with E-state index in [1.165, 1.54) is 7.11 Å². The molecule has 0 aromatic carbocycles. The number of hydrazone groups is 1. The number of hydrogen-bond acceptors (Lipinski definition) is 3. The van der Waals surface area contributed by atoms with Gasteiger partial charge in [-0.3, -0.25) is 0 Å². The van der Waals surface area contributed by atoms with Crippen molar-refractivity contribution in [3.63, 3.8) is 0 Å². The fourth-order valence-corrected chi connectivity index (χ4v) is 0.235. The van der Waals surface area contributed by atoms with Gasteiger partial charge < -0.3 is 4.74 Å². The van der Waals surface area contributed by atoms with Crippen LogP contribution < -0.4 is 5.43 Å². The Kier molecular flexibility index (Phi) is 4.49. The SMILES string of the molecule is CC/C=N/NC(=O)OC. The molecule has 0 saturated heterocycles. The van der Waals surface area contributed by atoms with Gasteiger partial charge in [0.2, 0.25) is 0 Å². The third-order valence-electron chi connectivity index (χ3n) is 0.615. The van der Waals surface area contributed by atoms with Gasteiger partial charge in [-0.25, -0.2) is 10.2 Å². The van der Waals surface area contributed by atoms with E-state index in [4.69, 9.17) is 0 Å². The summed E-state index contributed by atoms with van der Waals surface area (Å²) < 4.78 is 4.23. The van der Waals surface area contributed by atoms with Crippen LogP contribution in [0.3, 0.4) is 0 Å². The second kappa shape index (κ2) is 5.08. The Hall–Kier alpha value is -1.06. The molecule has 0 radical (unpaired) electrons. The van der Waals surface area contributed by atoms with Crippen molar-refractivity contribution in [1.29, 1.82) is 0 Å². The molecule has 0 aliphatic heterocycles. The lowest BCUT2D eigenvalue weighted by atomic mass is 10.6. The molecule has 9 heavy (non-hydrogen) atoms. The van der Waals surface area contributed by atoms with E-state index in [0.29, 0.717) is 0 Å². The number of amides is 1. The molecule has 0 aromatic heterocycles. The van der Waals surface area contributed by atoms with Gasteiger partial charge in [-0.1, -0.05) is 6.92 Å². The molecular formula is C5H10N2O2. The first-order chi connectivity index (χ1) is 4.31. The molecule has 0 rings (SSSR count). The van der Waals surface area contributed by atoms with Gasteiger partial charge in [-0.15, -0.1) is 0 Å². The quantitative estimate of drug-likeness (QED) is 0.442. The molecule has 0 heterocycles. The van der Waals surface area contributed by atoms with E-state index in [-0.39, 0.29) is 0 Å². The fraction of sp³-hybridized carbons (Fsp3) is 0.600. The Balaban J connectivity index is 3.26. The highest BCUT2D eigenvalue weighted by Gasteiger charge is 1.89. The topological polar surface area (TPSA) is 50.7 Å². The summed E-state index contributed by atoms with van der Waals surface area (Å²) in [6.45, 7) is 1.92. The molecule has 0 aromatic rings. The summed E-state index contributed by atoms with van der Waals surface area (Å²) in [5, 5.41) is 3.51. The van der Waals surface area contributed by atoms with E-state index in [1.807, 2.05) is 6.92 Å². The average Bonchev–Trinajstić information content (AvgIpc) is 1.89. The van der Waals surface area contributed by atoms with E-state index in [1.54, 1.807) is 6.21 Å². The molecule has 0 aliphatic carbocycles. The van der Waals surface area contributed by atoms with Gasteiger partial charge >= 0.3 is 6.09 Å². The van der Waals surface area contributed by atoms with Gasteiger partial charge in [-0.2, -0.15) is 5.10 Å². The smallest absolute Gasteiger partial charge is 0.427 e. The van der Waals surface area contributed by atoms with E-state index in [0.717, 1.165) is 6.42 Å². The molecule has 1 N–H and O–H groups in total. The van der Waals surface area contributed by atoms with Crippen LogP contribution in [0.2, 0.25) is 0 Å². The van der Waals surface area contributed by atoms with Gasteiger partial charge in [0, 0.05) is 6.21 Å². The minimum absolute atomic E-state index is 0.542. The molecule has 1 amide bonds. The van der Waals surface area contributed by atoms with Crippen molar-refractivity contribution in [2.24, 2.45) is 5.10 Å².